The molecule has 3 rings (SSSR count). The maximum atomic E-state index is 13.5. The van der Waals surface area contributed by atoms with Crippen LogP contribution in [0.5, 0.6) is 0 Å². The fourth-order valence-corrected chi connectivity index (χ4v) is 3.30. The third-order valence-electron chi connectivity index (χ3n) is 3.57. The molecule has 0 radical (unpaired) electrons. The number of nitrogen functional groups attached to an aromatic ring is 1. The van der Waals surface area contributed by atoms with Gasteiger partial charge in [-0.2, -0.15) is 18.4 Å². The Morgan fingerprint density at radius 1 is 1.24 bits per heavy atom. The topological polar surface area (TPSA) is 106 Å². The standard InChI is InChI=1S/C16H9F3N4OS/c17-16(18,19)9-5-10(7-1-3-8(4-2-7)14(22)24)23-15-12(9)13(21)11(6-20)25-15/h1-5H,21H2,(H2,22,24). The lowest BCUT2D eigenvalue weighted by Gasteiger charge is -2.11. The number of nitrogens with zero attached hydrogens (tertiary/aromatic N) is 2. The predicted octanol–water partition coefficient (Wildman–Crippen LogP) is 3.53. The summed E-state index contributed by atoms with van der Waals surface area (Å²) < 4.78 is 40.4. The highest BCUT2D eigenvalue weighted by Crippen LogP contribution is 2.43. The molecule has 5 nitrogen and oxygen atoms in total. The van der Waals surface area contributed by atoms with Crippen LogP contribution in [0.3, 0.4) is 0 Å². The first kappa shape index (κ1) is 16.7. The van der Waals surface area contributed by atoms with Gasteiger partial charge in [0.25, 0.3) is 0 Å². The zero-order valence-corrected chi connectivity index (χ0v) is 13.2. The SMILES string of the molecule is N#Cc1sc2nc(-c3ccc(C(N)=O)cc3)cc(C(F)(F)F)c2c1N. The number of hydrogen-bond donors (Lipinski definition) is 2. The number of anilines is 1. The van der Waals surface area contributed by atoms with Gasteiger partial charge in [-0.1, -0.05) is 12.1 Å². The molecule has 0 fully saturated rings. The Morgan fingerprint density at radius 2 is 1.88 bits per heavy atom. The summed E-state index contributed by atoms with van der Waals surface area (Å²) in [6.07, 6.45) is -4.66. The van der Waals surface area contributed by atoms with Crippen LogP contribution in [0.1, 0.15) is 20.8 Å². The van der Waals surface area contributed by atoms with E-state index >= 15 is 0 Å². The lowest BCUT2D eigenvalue weighted by atomic mass is 10.0. The van der Waals surface area contributed by atoms with Crippen molar-refractivity contribution in [2.45, 2.75) is 6.18 Å². The number of rotatable bonds is 2. The third kappa shape index (κ3) is 2.88. The number of nitriles is 1. The second kappa shape index (κ2) is 5.75. The highest BCUT2D eigenvalue weighted by atomic mass is 32.1. The van der Waals surface area contributed by atoms with Crippen molar-refractivity contribution < 1.29 is 18.0 Å². The number of thiophene rings is 1. The number of halogens is 3. The highest BCUT2D eigenvalue weighted by molar-refractivity contribution is 7.19. The molecule has 0 spiro atoms. The molecule has 25 heavy (non-hydrogen) atoms. The molecule has 1 amide bonds. The van der Waals surface area contributed by atoms with E-state index in [2.05, 4.69) is 4.98 Å². The fraction of sp³-hybridized carbons (Fsp3) is 0.0625. The van der Waals surface area contributed by atoms with Gasteiger partial charge in [-0.25, -0.2) is 4.98 Å². The van der Waals surface area contributed by atoms with Crippen LogP contribution >= 0.6 is 11.3 Å². The molecular formula is C16H9F3N4OS. The number of benzene rings is 1. The van der Waals surface area contributed by atoms with E-state index in [9.17, 15) is 18.0 Å². The minimum atomic E-state index is -4.66. The van der Waals surface area contributed by atoms with Crippen LogP contribution in [0.15, 0.2) is 30.3 Å². The first-order valence-electron chi connectivity index (χ1n) is 6.83. The Hall–Kier alpha value is -3.12. The molecule has 4 N–H and O–H groups in total. The van der Waals surface area contributed by atoms with Gasteiger partial charge in [0, 0.05) is 16.5 Å². The molecule has 0 unspecified atom stereocenters. The molecule has 3 aromatic rings. The number of alkyl halides is 3. The van der Waals surface area contributed by atoms with Crippen molar-refractivity contribution in [2.24, 2.45) is 5.73 Å². The molecule has 9 heteroatoms. The van der Waals surface area contributed by atoms with Crippen molar-refractivity contribution in [3.63, 3.8) is 0 Å². The number of hydrogen-bond acceptors (Lipinski definition) is 5. The van der Waals surface area contributed by atoms with Crippen molar-refractivity contribution >= 4 is 33.1 Å². The fourth-order valence-electron chi connectivity index (χ4n) is 2.38. The van der Waals surface area contributed by atoms with Crippen molar-refractivity contribution in [1.82, 2.24) is 4.98 Å². The molecule has 0 saturated heterocycles. The van der Waals surface area contributed by atoms with Crippen molar-refractivity contribution in [3.8, 4) is 17.3 Å². The van der Waals surface area contributed by atoms with Gasteiger partial charge in [0.05, 0.1) is 16.9 Å². The first-order valence-corrected chi connectivity index (χ1v) is 7.64. The molecule has 1 aromatic carbocycles. The molecule has 2 aromatic heterocycles. The van der Waals surface area contributed by atoms with Gasteiger partial charge in [0.15, 0.2) is 0 Å². The van der Waals surface area contributed by atoms with Gasteiger partial charge >= 0.3 is 6.18 Å². The van der Waals surface area contributed by atoms with Crippen LogP contribution in [0.25, 0.3) is 21.5 Å². The number of fused-ring (bicyclic) bond motifs is 1. The van der Waals surface area contributed by atoms with Crippen LogP contribution in [0.2, 0.25) is 0 Å². The van der Waals surface area contributed by atoms with Crippen molar-refractivity contribution in [3.05, 3.63) is 46.3 Å². The summed E-state index contributed by atoms with van der Waals surface area (Å²) in [6.45, 7) is 0. The van der Waals surface area contributed by atoms with E-state index in [4.69, 9.17) is 16.7 Å². The van der Waals surface area contributed by atoms with E-state index < -0.39 is 17.6 Å². The van der Waals surface area contributed by atoms with E-state index in [-0.39, 0.29) is 32.0 Å². The van der Waals surface area contributed by atoms with Crippen molar-refractivity contribution in [1.29, 1.82) is 5.26 Å². The molecule has 0 aliphatic heterocycles. The number of aromatic nitrogens is 1. The summed E-state index contributed by atoms with van der Waals surface area (Å²) >= 11 is 0.800. The summed E-state index contributed by atoms with van der Waals surface area (Å²) in [5.74, 6) is -0.643. The van der Waals surface area contributed by atoms with Gasteiger partial charge in [0.2, 0.25) is 5.91 Å². The summed E-state index contributed by atoms with van der Waals surface area (Å²) in [5.41, 5.74) is 10.3. The Morgan fingerprint density at radius 3 is 2.40 bits per heavy atom. The Kier molecular flexibility index (Phi) is 3.85. The van der Waals surface area contributed by atoms with E-state index in [0.29, 0.717) is 5.56 Å². The highest BCUT2D eigenvalue weighted by Gasteiger charge is 2.35. The van der Waals surface area contributed by atoms with Crippen LogP contribution in [-0.2, 0) is 6.18 Å². The maximum absolute atomic E-state index is 13.5. The number of primary amides is 1. The largest absolute Gasteiger partial charge is 0.417 e. The Bertz CT molecular complexity index is 1030. The monoisotopic (exact) mass is 362 g/mol. The summed E-state index contributed by atoms with van der Waals surface area (Å²) in [4.78, 5) is 15.3. The average Bonchev–Trinajstić information content (AvgIpc) is 2.89. The van der Waals surface area contributed by atoms with Gasteiger partial charge in [-0.3, -0.25) is 4.79 Å². The van der Waals surface area contributed by atoms with Gasteiger partial charge in [-0.05, 0) is 18.2 Å². The molecule has 126 valence electrons. The van der Waals surface area contributed by atoms with E-state index in [1.165, 1.54) is 24.3 Å². The Labute approximate surface area is 143 Å². The number of carbonyl (C=O) groups is 1. The van der Waals surface area contributed by atoms with Crippen LogP contribution < -0.4 is 11.5 Å². The van der Waals surface area contributed by atoms with Crippen LogP contribution in [-0.4, -0.2) is 10.9 Å². The minimum absolute atomic E-state index is 0.0192. The molecule has 0 atom stereocenters. The molecule has 2 heterocycles. The summed E-state index contributed by atoms with van der Waals surface area (Å²) in [7, 11) is 0. The molecule has 0 aliphatic rings. The minimum Gasteiger partial charge on any atom is -0.396 e. The molecule has 0 bridgehead atoms. The van der Waals surface area contributed by atoms with Gasteiger partial charge in [-0.15, -0.1) is 11.3 Å². The zero-order chi connectivity index (χ0) is 18.4. The predicted molar refractivity (Wildman–Crippen MR) is 87.7 cm³/mol. The lowest BCUT2D eigenvalue weighted by molar-refractivity contribution is -0.136. The van der Waals surface area contributed by atoms with E-state index in [1.807, 2.05) is 0 Å². The second-order valence-electron chi connectivity index (χ2n) is 5.13. The van der Waals surface area contributed by atoms with Gasteiger partial charge < -0.3 is 11.5 Å². The summed E-state index contributed by atoms with van der Waals surface area (Å²) in [6, 6.07) is 8.37. The number of amides is 1. The first-order chi connectivity index (χ1) is 11.7. The normalized spacial score (nSPS) is 11.4. The zero-order valence-electron chi connectivity index (χ0n) is 12.4. The smallest absolute Gasteiger partial charge is 0.396 e. The van der Waals surface area contributed by atoms with Gasteiger partial charge in [0.1, 0.15) is 15.8 Å². The van der Waals surface area contributed by atoms with E-state index in [0.717, 1.165) is 17.4 Å². The van der Waals surface area contributed by atoms with Crippen LogP contribution in [0.4, 0.5) is 18.9 Å². The van der Waals surface area contributed by atoms with Crippen molar-refractivity contribution in [2.75, 3.05) is 5.73 Å². The lowest BCUT2D eigenvalue weighted by Crippen LogP contribution is -2.10. The van der Waals surface area contributed by atoms with Crippen LogP contribution in [0, 0.1) is 11.3 Å². The molecule has 0 aliphatic carbocycles. The number of nitrogens with two attached hydrogens (primary N) is 2. The number of carbonyl (C=O) groups excluding carboxylic acids is 1. The molecule has 0 saturated carbocycles. The summed E-state index contributed by atoms with van der Waals surface area (Å²) in [5, 5.41) is 8.74. The quantitative estimate of drug-likeness (QED) is 0.727. The third-order valence-corrected chi connectivity index (χ3v) is 4.58. The van der Waals surface area contributed by atoms with E-state index in [1.54, 1.807) is 6.07 Å². The number of pyridine rings is 1. The average molecular weight is 362 g/mol. The Balaban J connectivity index is 2.27. The molecular weight excluding hydrogens is 353 g/mol. The maximum Gasteiger partial charge on any atom is 0.417 e. The second-order valence-corrected chi connectivity index (χ2v) is 6.13.